The van der Waals surface area contributed by atoms with Crippen LogP contribution in [0.2, 0.25) is 0 Å². The molecule has 0 saturated carbocycles. The Kier molecular flexibility index (Phi) is 3.27. The zero-order chi connectivity index (χ0) is 13.5. The van der Waals surface area contributed by atoms with Gasteiger partial charge in [-0.3, -0.25) is 4.79 Å². The number of nitrogens with zero attached hydrogens (tertiary/aromatic N) is 1. The van der Waals surface area contributed by atoms with E-state index in [9.17, 15) is 4.79 Å². The zero-order valence-electron chi connectivity index (χ0n) is 11.5. The number of fused-ring (bicyclic) bond motifs is 1. The summed E-state index contributed by atoms with van der Waals surface area (Å²) in [5.74, 6) is 0.0880. The van der Waals surface area contributed by atoms with E-state index in [1.54, 1.807) is 11.3 Å². The van der Waals surface area contributed by atoms with Crippen LogP contribution in [-0.4, -0.2) is 38.8 Å². The summed E-state index contributed by atoms with van der Waals surface area (Å²) in [6, 6.07) is 2.21. The summed E-state index contributed by atoms with van der Waals surface area (Å²) in [6.07, 6.45) is 0.960. The Bertz CT molecular complexity index is 490. The molecule has 0 aromatic carbocycles. The Balaban J connectivity index is 1.90. The Hall–Kier alpha value is -1.07. The molecule has 0 bridgehead atoms. The van der Waals surface area contributed by atoms with Gasteiger partial charge in [-0.2, -0.15) is 0 Å². The number of carbonyl (C=O) groups is 1. The van der Waals surface area contributed by atoms with Gasteiger partial charge in [0.2, 0.25) is 0 Å². The van der Waals surface area contributed by atoms with Crippen molar-refractivity contribution in [1.29, 1.82) is 0 Å². The van der Waals surface area contributed by atoms with Crippen molar-refractivity contribution in [1.82, 2.24) is 5.32 Å². The van der Waals surface area contributed by atoms with Crippen LogP contribution in [0.5, 0.6) is 0 Å². The molecule has 3 heterocycles. The molecule has 1 saturated heterocycles. The number of rotatable bonds is 1. The van der Waals surface area contributed by atoms with Crippen molar-refractivity contribution in [2.75, 3.05) is 37.7 Å². The number of hydrogen-bond acceptors (Lipinski definition) is 4. The minimum atomic E-state index is 0.0880. The molecule has 0 radical (unpaired) electrons. The molecule has 4 nitrogen and oxygen atoms in total. The van der Waals surface area contributed by atoms with Crippen molar-refractivity contribution in [3.05, 3.63) is 16.5 Å². The van der Waals surface area contributed by atoms with E-state index < -0.39 is 0 Å². The molecule has 104 valence electrons. The summed E-state index contributed by atoms with van der Waals surface area (Å²) in [5.41, 5.74) is 1.33. The van der Waals surface area contributed by atoms with E-state index >= 15 is 0 Å². The number of hydrogen-bond donors (Lipinski definition) is 1. The highest BCUT2D eigenvalue weighted by Crippen LogP contribution is 2.36. The van der Waals surface area contributed by atoms with Crippen molar-refractivity contribution in [3.8, 4) is 0 Å². The Morgan fingerprint density at radius 1 is 1.37 bits per heavy atom. The van der Waals surface area contributed by atoms with Gasteiger partial charge in [-0.15, -0.1) is 11.3 Å². The maximum Gasteiger partial charge on any atom is 0.261 e. The second-order valence-electron chi connectivity index (χ2n) is 6.06. The van der Waals surface area contributed by atoms with Gasteiger partial charge in [-0.05, 0) is 23.5 Å². The average Bonchev–Trinajstić information content (AvgIpc) is 2.76. The molecule has 0 atom stereocenters. The summed E-state index contributed by atoms with van der Waals surface area (Å²) in [4.78, 5) is 15.4. The lowest BCUT2D eigenvalue weighted by molar-refractivity contribution is 0.0948. The maximum atomic E-state index is 12.1. The number of morpholine rings is 1. The van der Waals surface area contributed by atoms with Gasteiger partial charge in [0.15, 0.2) is 0 Å². The SMILES string of the molecule is CC1(C)CNC(=O)c2sc(N3CCOCC3)cc2C1. The Labute approximate surface area is 117 Å². The minimum absolute atomic E-state index is 0.0880. The van der Waals surface area contributed by atoms with Crippen molar-refractivity contribution >= 4 is 22.2 Å². The number of thiophene rings is 1. The first-order chi connectivity index (χ1) is 9.05. The summed E-state index contributed by atoms with van der Waals surface area (Å²) in [7, 11) is 0. The fourth-order valence-corrected chi connectivity index (χ4v) is 3.80. The van der Waals surface area contributed by atoms with Crippen LogP contribution in [0.25, 0.3) is 0 Å². The lowest BCUT2D eigenvalue weighted by Crippen LogP contribution is -2.35. The normalized spacial score (nSPS) is 22.6. The molecule has 0 unspecified atom stereocenters. The highest BCUT2D eigenvalue weighted by atomic mass is 32.1. The monoisotopic (exact) mass is 280 g/mol. The summed E-state index contributed by atoms with van der Waals surface area (Å²) in [6.45, 7) is 8.55. The van der Waals surface area contributed by atoms with E-state index in [4.69, 9.17) is 4.74 Å². The van der Waals surface area contributed by atoms with Crippen LogP contribution >= 0.6 is 11.3 Å². The summed E-state index contributed by atoms with van der Waals surface area (Å²) >= 11 is 1.62. The van der Waals surface area contributed by atoms with Gasteiger partial charge in [-0.25, -0.2) is 0 Å². The van der Waals surface area contributed by atoms with Gasteiger partial charge >= 0.3 is 0 Å². The topological polar surface area (TPSA) is 41.6 Å². The van der Waals surface area contributed by atoms with Crippen LogP contribution in [-0.2, 0) is 11.2 Å². The quantitative estimate of drug-likeness (QED) is 0.854. The Morgan fingerprint density at radius 2 is 2.11 bits per heavy atom. The van der Waals surface area contributed by atoms with Gasteiger partial charge in [0.25, 0.3) is 5.91 Å². The average molecular weight is 280 g/mol. The van der Waals surface area contributed by atoms with E-state index in [0.29, 0.717) is 0 Å². The van der Waals surface area contributed by atoms with Gasteiger partial charge in [0.05, 0.1) is 23.1 Å². The van der Waals surface area contributed by atoms with Crippen molar-refractivity contribution in [2.45, 2.75) is 20.3 Å². The first kappa shape index (κ1) is 12.9. The van der Waals surface area contributed by atoms with Crippen LogP contribution in [0, 0.1) is 5.41 Å². The molecule has 0 aliphatic carbocycles. The smallest absolute Gasteiger partial charge is 0.261 e. The van der Waals surface area contributed by atoms with E-state index in [1.807, 2.05) is 0 Å². The highest BCUT2D eigenvalue weighted by molar-refractivity contribution is 7.18. The molecule has 1 aromatic rings. The predicted molar refractivity (Wildman–Crippen MR) is 77.2 cm³/mol. The zero-order valence-corrected chi connectivity index (χ0v) is 12.3. The predicted octanol–water partition coefficient (Wildman–Crippen LogP) is 1.90. The van der Waals surface area contributed by atoms with E-state index in [2.05, 4.69) is 30.1 Å². The van der Waals surface area contributed by atoms with Gasteiger partial charge in [0, 0.05) is 19.6 Å². The molecular weight excluding hydrogens is 260 g/mol. The first-order valence-electron chi connectivity index (χ1n) is 6.79. The van der Waals surface area contributed by atoms with Crippen molar-refractivity contribution in [2.24, 2.45) is 5.41 Å². The number of ether oxygens (including phenoxy) is 1. The fraction of sp³-hybridized carbons (Fsp3) is 0.643. The van der Waals surface area contributed by atoms with Crippen molar-refractivity contribution < 1.29 is 9.53 Å². The van der Waals surface area contributed by atoms with Crippen LogP contribution in [0.1, 0.15) is 29.1 Å². The third-order valence-corrected chi connectivity index (χ3v) is 4.96. The largest absolute Gasteiger partial charge is 0.378 e. The van der Waals surface area contributed by atoms with Crippen LogP contribution in [0.15, 0.2) is 6.07 Å². The van der Waals surface area contributed by atoms with E-state index in [0.717, 1.165) is 44.1 Å². The third-order valence-electron chi connectivity index (χ3n) is 3.72. The van der Waals surface area contributed by atoms with Gasteiger partial charge in [0.1, 0.15) is 0 Å². The molecule has 2 aliphatic rings. The standard InChI is InChI=1S/C14H20N2O2S/c1-14(2)8-10-7-11(16-3-5-18-6-4-16)19-12(10)13(17)15-9-14/h7H,3-6,8-9H2,1-2H3,(H,15,17). The third kappa shape index (κ3) is 2.62. The van der Waals surface area contributed by atoms with Crippen LogP contribution in [0.3, 0.4) is 0 Å². The van der Waals surface area contributed by atoms with E-state index in [1.165, 1.54) is 10.6 Å². The molecule has 2 aliphatic heterocycles. The number of amides is 1. The molecule has 5 heteroatoms. The number of carbonyl (C=O) groups excluding carboxylic acids is 1. The molecule has 1 amide bonds. The molecule has 1 fully saturated rings. The molecule has 0 spiro atoms. The van der Waals surface area contributed by atoms with Gasteiger partial charge in [-0.1, -0.05) is 13.8 Å². The number of nitrogens with one attached hydrogen (secondary N) is 1. The molecule has 19 heavy (non-hydrogen) atoms. The molecule has 1 N–H and O–H groups in total. The summed E-state index contributed by atoms with van der Waals surface area (Å²) in [5, 5.41) is 4.24. The lowest BCUT2D eigenvalue weighted by Gasteiger charge is -2.27. The second-order valence-corrected chi connectivity index (χ2v) is 7.09. The van der Waals surface area contributed by atoms with Crippen molar-refractivity contribution in [3.63, 3.8) is 0 Å². The van der Waals surface area contributed by atoms with Gasteiger partial charge < -0.3 is 15.0 Å². The maximum absolute atomic E-state index is 12.1. The molecule has 3 rings (SSSR count). The Morgan fingerprint density at radius 3 is 2.84 bits per heavy atom. The first-order valence-corrected chi connectivity index (χ1v) is 7.60. The lowest BCUT2D eigenvalue weighted by atomic mass is 9.87. The fourth-order valence-electron chi connectivity index (χ4n) is 2.66. The highest BCUT2D eigenvalue weighted by Gasteiger charge is 2.29. The van der Waals surface area contributed by atoms with E-state index in [-0.39, 0.29) is 11.3 Å². The van der Waals surface area contributed by atoms with Crippen LogP contribution in [0.4, 0.5) is 5.00 Å². The van der Waals surface area contributed by atoms with Crippen LogP contribution < -0.4 is 10.2 Å². The number of anilines is 1. The minimum Gasteiger partial charge on any atom is -0.378 e. The molecule has 1 aromatic heterocycles. The second kappa shape index (κ2) is 4.80. The summed E-state index contributed by atoms with van der Waals surface area (Å²) < 4.78 is 5.38. The molecular formula is C14H20N2O2S.